The van der Waals surface area contributed by atoms with E-state index in [0.29, 0.717) is 5.69 Å². The SMILES string of the molecule is CC(Sc1ccc(F)cc1)C(=O)Nc1ccc(S(=O)(=O)Nc2ncccn2)cc1. The van der Waals surface area contributed by atoms with Crippen LogP contribution in [-0.4, -0.2) is 29.5 Å². The quantitative estimate of drug-likeness (QED) is 0.554. The van der Waals surface area contributed by atoms with Crippen LogP contribution < -0.4 is 10.0 Å². The smallest absolute Gasteiger partial charge is 0.264 e. The van der Waals surface area contributed by atoms with Gasteiger partial charge in [-0.25, -0.2) is 27.5 Å². The molecule has 0 aliphatic rings. The number of amides is 1. The highest BCUT2D eigenvalue weighted by Crippen LogP contribution is 2.24. The molecule has 0 spiro atoms. The first kappa shape index (κ1) is 20.7. The Bertz CT molecular complexity index is 1080. The van der Waals surface area contributed by atoms with Crippen LogP contribution in [0.15, 0.2) is 76.8 Å². The largest absolute Gasteiger partial charge is 0.325 e. The zero-order valence-corrected chi connectivity index (χ0v) is 16.9. The molecule has 1 aromatic heterocycles. The van der Waals surface area contributed by atoms with Crippen LogP contribution in [0, 0.1) is 5.82 Å². The van der Waals surface area contributed by atoms with E-state index in [9.17, 15) is 17.6 Å². The summed E-state index contributed by atoms with van der Waals surface area (Å²) in [7, 11) is -3.84. The Kier molecular flexibility index (Phi) is 6.45. The molecule has 2 N–H and O–H groups in total. The number of carbonyl (C=O) groups is 1. The first-order valence-electron chi connectivity index (χ1n) is 8.46. The van der Waals surface area contributed by atoms with Gasteiger partial charge in [-0.1, -0.05) is 0 Å². The van der Waals surface area contributed by atoms with E-state index in [2.05, 4.69) is 20.0 Å². The van der Waals surface area contributed by atoms with Crippen molar-refractivity contribution in [3.8, 4) is 0 Å². The maximum atomic E-state index is 13.0. The molecule has 1 unspecified atom stereocenters. The lowest BCUT2D eigenvalue weighted by Gasteiger charge is -2.12. The van der Waals surface area contributed by atoms with Gasteiger partial charge in [-0.3, -0.25) is 4.79 Å². The van der Waals surface area contributed by atoms with E-state index in [1.165, 1.54) is 60.6 Å². The third-order valence-corrected chi connectivity index (χ3v) is 6.18. The fraction of sp³-hybridized carbons (Fsp3) is 0.105. The summed E-state index contributed by atoms with van der Waals surface area (Å²) in [6.07, 6.45) is 2.85. The highest BCUT2D eigenvalue weighted by atomic mass is 32.2. The lowest BCUT2D eigenvalue weighted by Crippen LogP contribution is -2.22. The molecule has 150 valence electrons. The molecule has 3 aromatic rings. The number of benzene rings is 2. The number of hydrogen-bond donors (Lipinski definition) is 2. The van der Waals surface area contributed by atoms with Crippen molar-refractivity contribution < 1.29 is 17.6 Å². The molecule has 0 fully saturated rings. The Hall–Kier alpha value is -2.98. The van der Waals surface area contributed by atoms with Gasteiger partial charge in [0.1, 0.15) is 5.82 Å². The van der Waals surface area contributed by atoms with Crippen LogP contribution in [0.1, 0.15) is 6.92 Å². The van der Waals surface area contributed by atoms with Gasteiger partial charge < -0.3 is 5.32 Å². The zero-order chi connectivity index (χ0) is 20.9. The molecule has 2 aromatic carbocycles. The van der Waals surface area contributed by atoms with E-state index in [0.717, 1.165) is 4.90 Å². The molecule has 0 aliphatic carbocycles. The minimum Gasteiger partial charge on any atom is -0.325 e. The van der Waals surface area contributed by atoms with E-state index in [-0.39, 0.29) is 22.6 Å². The first-order chi connectivity index (χ1) is 13.8. The fourth-order valence-electron chi connectivity index (χ4n) is 2.26. The van der Waals surface area contributed by atoms with E-state index in [1.54, 1.807) is 25.1 Å². The maximum absolute atomic E-state index is 13.0. The minimum absolute atomic E-state index is 0.0108. The predicted octanol–water partition coefficient (Wildman–Crippen LogP) is 3.54. The van der Waals surface area contributed by atoms with Gasteiger partial charge in [0.25, 0.3) is 10.0 Å². The summed E-state index contributed by atoms with van der Waals surface area (Å²) < 4.78 is 40.0. The van der Waals surface area contributed by atoms with Gasteiger partial charge in [0, 0.05) is 23.0 Å². The van der Waals surface area contributed by atoms with Crippen LogP contribution in [0.25, 0.3) is 0 Å². The predicted molar refractivity (Wildman–Crippen MR) is 110 cm³/mol. The third-order valence-electron chi connectivity index (χ3n) is 3.72. The molecule has 0 saturated heterocycles. The second-order valence-corrected chi connectivity index (χ2v) is 9.00. The molecule has 1 amide bonds. The van der Waals surface area contributed by atoms with Crippen molar-refractivity contribution in [2.45, 2.75) is 22.0 Å². The molecule has 0 bridgehead atoms. The summed E-state index contributed by atoms with van der Waals surface area (Å²) in [4.78, 5) is 20.8. The van der Waals surface area contributed by atoms with Crippen molar-refractivity contribution in [2.75, 3.05) is 10.0 Å². The van der Waals surface area contributed by atoms with Crippen LogP contribution in [-0.2, 0) is 14.8 Å². The van der Waals surface area contributed by atoms with Gasteiger partial charge in [0.15, 0.2) is 0 Å². The molecular formula is C19H17FN4O3S2. The average molecular weight is 433 g/mol. The van der Waals surface area contributed by atoms with Gasteiger partial charge in [-0.2, -0.15) is 0 Å². The topological polar surface area (TPSA) is 101 Å². The van der Waals surface area contributed by atoms with E-state index >= 15 is 0 Å². The van der Waals surface area contributed by atoms with Crippen molar-refractivity contribution in [2.24, 2.45) is 0 Å². The number of aromatic nitrogens is 2. The summed E-state index contributed by atoms with van der Waals surface area (Å²) in [5.74, 6) is -0.628. The number of hydrogen-bond acceptors (Lipinski definition) is 6. The molecule has 3 rings (SSSR count). The molecular weight excluding hydrogens is 415 g/mol. The first-order valence-corrected chi connectivity index (χ1v) is 10.8. The lowest BCUT2D eigenvalue weighted by molar-refractivity contribution is -0.115. The summed E-state index contributed by atoms with van der Waals surface area (Å²) in [6.45, 7) is 1.73. The highest BCUT2D eigenvalue weighted by Gasteiger charge is 2.17. The normalized spacial score (nSPS) is 12.2. The number of anilines is 2. The van der Waals surface area contributed by atoms with Gasteiger partial charge >= 0.3 is 0 Å². The van der Waals surface area contributed by atoms with Crippen LogP contribution in [0.5, 0.6) is 0 Å². The average Bonchev–Trinajstić information content (AvgIpc) is 2.70. The molecule has 1 atom stereocenters. The third kappa shape index (κ3) is 5.75. The Morgan fingerprint density at radius 1 is 1.03 bits per heavy atom. The number of halogens is 1. The Morgan fingerprint density at radius 2 is 1.66 bits per heavy atom. The second-order valence-electron chi connectivity index (χ2n) is 5.91. The monoisotopic (exact) mass is 432 g/mol. The Labute approximate surface area is 171 Å². The van der Waals surface area contributed by atoms with Crippen molar-refractivity contribution in [3.63, 3.8) is 0 Å². The number of sulfonamides is 1. The van der Waals surface area contributed by atoms with Crippen LogP contribution in [0.2, 0.25) is 0 Å². The highest BCUT2D eigenvalue weighted by molar-refractivity contribution is 8.00. The second kappa shape index (κ2) is 9.01. The molecule has 0 aliphatic heterocycles. The Morgan fingerprint density at radius 3 is 2.28 bits per heavy atom. The van der Waals surface area contributed by atoms with E-state index < -0.39 is 15.3 Å². The molecule has 1 heterocycles. The van der Waals surface area contributed by atoms with Crippen molar-refractivity contribution in [3.05, 3.63) is 72.8 Å². The van der Waals surface area contributed by atoms with E-state index in [1.807, 2.05) is 0 Å². The van der Waals surface area contributed by atoms with E-state index in [4.69, 9.17) is 0 Å². The minimum atomic E-state index is -3.84. The number of thioether (sulfide) groups is 1. The number of carbonyl (C=O) groups excluding carboxylic acids is 1. The van der Waals surface area contributed by atoms with Gasteiger partial charge in [-0.15, -0.1) is 11.8 Å². The van der Waals surface area contributed by atoms with Crippen LogP contribution in [0.4, 0.5) is 16.0 Å². The summed E-state index contributed by atoms with van der Waals surface area (Å²) in [5, 5.41) is 2.30. The maximum Gasteiger partial charge on any atom is 0.264 e. The number of nitrogens with one attached hydrogen (secondary N) is 2. The Balaban J connectivity index is 1.62. The van der Waals surface area contributed by atoms with Crippen LogP contribution in [0.3, 0.4) is 0 Å². The zero-order valence-electron chi connectivity index (χ0n) is 15.2. The fourth-order valence-corrected chi connectivity index (χ4v) is 4.09. The summed E-state index contributed by atoms with van der Waals surface area (Å²) in [5.41, 5.74) is 0.455. The summed E-state index contributed by atoms with van der Waals surface area (Å²) >= 11 is 1.29. The molecule has 29 heavy (non-hydrogen) atoms. The van der Waals surface area contributed by atoms with Crippen LogP contribution >= 0.6 is 11.8 Å². The van der Waals surface area contributed by atoms with Crippen molar-refractivity contribution >= 4 is 39.3 Å². The van der Waals surface area contributed by atoms with Gasteiger partial charge in [-0.05, 0) is 61.5 Å². The molecule has 7 nitrogen and oxygen atoms in total. The molecule has 0 radical (unpaired) electrons. The standard InChI is InChI=1S/C19H17FN4O3S2/c1-13(28-16-7-3-14(20)4-8-16)18(25)23-15-5-9-17(10-6-15)29(26,27)24-19-21-11-2-12-22-19/h2-13H,1H3,(H,23,25)(H,21,22,24). The van der Waals surface area contributed by atoms with Gasteiger partial charge in [0.2, 0.25) is 11.9 Å². The summed E-state index contributed by atoms with van der Waals surface area (Å²) in [6, 6.07) is 13.2. The van der Waals surface area contributed by atoms with Crippen molar-refractivity contribution in [1.29, 1.82) is 0 Å². The number of nitrogens with zero attached hydrogens (tertiary/aromatic N) is 2. The molecule has 0 saturated carbocycles. The lowest BCUT2D eigenvalue weighted by atomic mass is 10.3. The molecule has 10 heteroatoms. The van der Waals surface area contributed by atoms with Crippen molar-refractivity contribution in [1.82, 2.24) is 9.97 Å². The number of rotatable bonds is 7. The van der Waals surface area contributed by atoms with Gasteiger partial charge in [0.05, 0.1) is 10.1 Å².